The summed E-state index contributed by atoms with van der Waals surface area (Å²) >= 11 is 0. The van der Waals surface area contributed by atoms with E-state index in [1.807, 2.05) is 0 Å². The number of anilines is 2. The van der Waals surface area contributed by atoms with Crippen LogP contribution in [-0.4, -0.2) is 46.7 Å². The zero-order chi connectivity index (χ0) is 22.4. The van der Waals surface area contributed by atoms with Gasteiger partial charge in [-0.3, -0.25) is 13.9 Å². The zero-order valence-corrected chi connectivity index (χ0v) is 18.2. The van der Waals surface area contributed by atoms with E-state index < -0.39 is 21.8 Å². The Morgan fingerprint density at radius 1 is 1.00 bits per heavy atom. The molecule has 0 spiro atoms. The minimum absolute atomic E-state index is 0.0561. The summed E-state index contributed by atoms with van der Waals surface area (Å²) in [6.45, 7) is 0.509. The molecule has 0 unspecified atom stereocenters. The SMILES string of the molecule is COc1ccc(CNC(=O)C(=O)Nc2ccc(OC)c(N3CCCCS3(=O)=O)c2)cc1. The molecule has 2 N–H and O–H groups in total. The van der Waals surface area contributed by atoms with Gasteiger partial charge in [0.1, 0.15) is 11.5 Å². The van der Waals surface area contributed by atoms with Gasteiger partial charge in [-0.05, 0) is 48.7 Å². The van der Waals surface area contributed by atoms with Crippen molar-refractivity contribution < 1.29 is 27.5 Å². The number of carbonyl (C=O) groups is 2. The van der Waals surface area contributed by atoms with Crippen LogP contribution >= 0.6 is 0 Å². The largest absolute Gasteiger partial charge is 0.497 e. The summed E-state index contributed by atoms with van der Waals surface area (Å²) in [4.78, 5) is 24.5. The molecule has 0 saturated carbocycles. The lowest BCUT2D eigenvalue weighted by Gasteiger charge is -2.29. The van der Waals surface area contributed by atoms with Crippen molar-refractivity contribution in [1.82, 2.24) is 5.32 Å². The van der Waals surface area contributed by atoms with Gasteiger partial charge >= 0.3 is 11.8 Å². The Morgan fingerprint density at radius 3 is 2.39 bits per heavy atom. The molecular formula is C21H25N3O6S. The van der Waals surface area contributed by atoms with Crippen LogP contribution in [0.1, 0.15) is 18.4 Å². The number of amides is 2. The van der Waals surface area contributed by atoms with Gasteiger partial charge < -0.3 is 20.1 Å². The van der Waals surface area contributed by atoms with E-state index in [-0.39, 0.29) is 12.3 Å². The van der Waals surface area contributed by atoms with E-state index in [0.717, 1.165) is 12.0 Å². The summed E-state index contributed by atoms with van der Waals surface area (Å²) in [5.74, 6) is -0.545. The Kier molecular flexibility index (Phi) is 7.01. The number of carbonyl (C=O) groups excluding carboxylic acids is 2. The second-order valence-corrected chi connectivity index (χ2v) is 8.98. The Bertz CT molecular complexity index is 1050. The van der Waals surface area contributed by atoms with Crippen molar-refractivity contribution in [2.24, 2.45) is 0 Å². The predicted octanol–water partition coefficient (Wildman–Crippen LogP) is 1.89. The molecule has 1 fully saturated rings. The van der Waals surface area contributed by atoms with E-state index in [0.29, 0.717) is 35.8 Å². The van der Waals surface area contributed by atoms with Crippen molar-refractivity contribution in [2.75, 3.05) is 36.1 Å². The third-order valence-corrected chi connectivity index (χ3v) is 6.73. The fourth-order valence-corrected chi connectivity index (χ4v) is 4.85. The molecule has 0 aliphatic carbocycles. The highest BCUT2D eigenvalue weighted by Gasteiger charge is 2.28. The average Bonchev–Trinajstić information content (AvgIpc) is 2.77. The van der Waals surface area contributed by atoms with Crippen LogP contribution in [-0.2, 0) is 26.2 Å². The van der Waals surface area contributed by atoms with Gasteiger partial charge in [-0.1, -0.05) is 12.1 Å². The number of sulfonamides is 1. The average molecular weight is 448 g/mol. The molecule has 9 nitrogen and oxygen atoms in total. The minimum Gasteiger partial charge on any atom is -0.497 e. The van der Waals surface area contributed by atoms with E-state index in [1.54, 1.807) is 43.5 Å². The van der Waals surface area contributed by atoms with E-state index >= 15 is 0 Å². The Morgan fingerprint density at radius 2 is 1.74 bits per heavy atom. The molecule has 31 heavy (non-hydrogen) atoms. The standard InChI is InChI=1S/C21H25N3O6S/c1-29-17-8-5-15(6-9-17)14-22-20(25)21(26)23-16-7-10-19(30-2)18(13-16)24-11-3-4-12-31(24,27)28/h5-10,13H,3-4,11-12,14H2,1-2H3,(H,22,25)(H,23,26). The number of nitrogens with zero attached hydrogens (tertiary/aromatic N) is 1. The molecule has 1 saturated heterocycles. The molecule has 2 amide bonds. The summed E-state index contributed by atoms with van der Waals surface area (Å²) in [5.41, 5.74) is 1.43. The normalized spacial score (nSPS) is 15.1. The number of methoxy groups -OCH3 is 2. The Hall–Kier alpha value is -3.27. The van der Waals surface area contributed by atoms with Crippen LogP contribution in [0.25, 0.3) is 0 Å². The first-order chi connectivity index (χ1) is 14.8. The topological polar surface area (TPSA) is 114 Å². The second-order valence-electron chi connectivity index (χ2n) is 6.97. The van der Waals surface area contributed by atoms with Crippen molar-refractivity contribution >= 4 is 33.2 Å². The van der Waals surface area contributed by atoms with Gasteiger partial charge in [0.15, 0.2) is 0 Å². The van der Waals surface area contributed by atoms with Crippen LogP contribution < -0.4 is 24.4 Å². The third-order valence-electron chi connectivity index (χ3n) is 4.87. The molecular weight excluding hydrogens is 422 g/mol. The Balaban J connectivity index is 1.68. The molecule has 0 bridgehead atoms. The van der Waals surface area contributed by atoms with Gasteiger partial charge in [-0.2, -0.15) is 0 Å². The fourth-order valence-electron chi connectivity index (χ4n) is 3.22. The van der Waals surface area contributed by atoms with Crippen LogP contribution in [0.5, 0.6) is 11.5 Å². The molecule has 10 heteroatoms. The molecule has 2 aromatic rings. The molecule has 166 valence electrons. The molecule has 0 radical (unpaired) electrons. The number of benzene rings is 2. The molecule has 1 aliphatic rings. The first kappa shape index (κ1) is 22.4. The van der Waals surface area contributed by atoms with Crippen molar-refractivity contribution in [1.29, 1.82) is 0 Å². The smallest absolute Gasteiger partial charge is 0.313 e. The molecule has 2 aromatic carbocycles. The highest BCUT2D eigenvalue weighted by Crippen LogP contribution is 2.35. The summed E-state index contributed by atoms with van der Waals surface area (Å²) in [5, 5.41) is 5.05. The maximum absolute atomic E-state index is 12.5. The lowest BCUT2D eigenvalue weighted by molar-refractivity contribution is -0.136. The first-order valence-corrected chi connectivity index (χ1v) is 11.4. The number of hydrogen-bond acceptors (Lipinski definition) is 6. The first-order valence-electron chi connectivity index (χ1n) is 9.74. The van der Waals surface area contributed by atoms with E-state index in [4.69, 9.17) is 9.47 Å². The summed E-state index contributed by atoms with van der Waals surface area (Å²) in [6, 6.07) is 11.7. The van der Waals surface area contributed by atoms with Gasteiger partial charge in [0, 0.05) is 18.8 Å². The summed E-state index contributed by atoms with van der Waals surface area (Å²) < 4.78 is 36.6. The quantitative estimate of drug-likeness (QED) is 0.654. The highest BCUT2D eigenvalue weighted by molar-refractivity contribution is 7.92. The van der Waals surface area contributed by atoms with Crippen LogP contribution in [0.15, 0.2) is 42.5 Å². The minimum atomic E-state index is -3.46. The third kappa shape index (κ3) is 5.46. The second kappa shape index (κ2) is 9.69. The van der Waals surface area contributed by atoms with Gasteiger partial charge in [0.2, 0.25) is 10.0 Å². The van der Waals surface area contributed by atoms with Crippen molar-refractivity contribution in [3.63, 3.8) is 0 Å². The van der Waals surface area contributed by atoms with Crippen LogP contribution in [0.3, 0.4) is 0 Å². The molecule has 1 heterocycles. The van der Waals surface area contributed by atoms with Gasteiger partial charge in [-0.15, -0.1) is 0 Å². The molecule has 3 rings (SSSR count). The number of hydrogen-bond donors (Lipinski definition) is 2. The maximum atomic E-state index is 12.5. The molecule has 1 aliphatic heterocycles. The van der Waals surface area contributed by atoms with Crippen molar-refractivity contribution in [3.05, 3.63) is 48.0 Å². The van der Waals surface area contributed by atoms with Crippen LogP contribution in [0.4, 0.5) is 11.4 Å². The monoisotopic (exact) mass is 447 g/mol. The maximum Gasteiger partial charge on any atom is 0.313 e. The highest BCUT2D eigenvalue weighted by atomic mass is 32.2. The van der Waals surface area contributed by atoms with Crippen LogP contribution in [0.2, 0.25) is 0 Å². The summed E-state index contributed by atoms with van der Waals surface area (Å²) in [7, 11) is -0.456. The van der Waals surface area contributed by atoms with E-state index in [2.05, 4.69) is 10.6 Å². The number of nitrogens with one attached hydrogen (secondary N) is 2. The number of ether oxygens (including phenoxy) is 2. The lowest BCUT2D eigenvalue weighted by Crippen LogP contribution is -2.38. The number of rotatable bonds is 6. The van der Waals surface area contributed by atoms with Crippen molar-refractivity contribution in [2.45, 2.75) is 19.4 Å². The lowest BCUT2D eigenvalue weighted by atomic mass is 10.2. The fraction of sp³-hybridized carbons (Fsp3) is 0.333. The Labute approximate surface area is 181 Å². The summed E-state index contributed by atoms with van der Waals surface area (Å²) in [6.07, 6.45) is 1.33. The van der Waals surface area contributed by atoms with Crippen LogP contribution in [0, 0.1) is 0 Å². The van der Waals surface area contributed by atoms with Gasteiger partial charge in [0.25, 0.3) is 0 Å². The molecule has 0 aromatic heterocycles. The predicted molar refractivity (Wildman–Crippen MR) is 117 cm³/mol. The zero-order valence-electron chi connectivity index (χ0n) is 17.4. The molecule has 0 atom stereocenters. The van der Waals surface area contributed by atoms with E-state index in [1.165, 1.54) is 17.5 Å². The van der Waals surface area contributed by atoms with Crippen molar-refractivity contribution in [3.8, 4) is 11.5 Å². The van der Waals surface area contributed by atoms with Gasteiger partial charge in [-0.25, -0.2) is 8.42 Å². The van der Waals surface area contributed by atoms with Gasteiger partial charge in [0.05, 0.1) is 25.7 Å². The van der Waals surface area contributed by atoms with E-state index in [9.17, 15) is 18.0 Å².